The summed E-state index contributed by atoms with van der Waals surface area (Å²) in [6.07, 6.45) is -0.265. The highest BCUT2D eigenvalue weighted by molar-refractivity contribution is 5.96. The molecular weight excluding hydrogens is 475 g/mol. The number of pyridine rings is 1. The van der Waals surface area contributed by atoms with E-state index in [1.165, 1.54) is 6.07 Å². The van der Waals surface area contributed by atoms with Gasteiger partial charge in [0.25, 0.3) is 11.7 Å². The molecule has 1 aromatic carbocycles. The van der Waals surface area contributed by atoms with Crippen molar-refractivity contribution in [2.75, 3.05) is 19.6 Å². The van der Waals surface area contributed by atoms with E-state index in [4.69, 9.17) is 6.57 Å². The van der Waals surface area contributed by atoms with E-state index < -0.39 is 29.2 Å². The number of nitrogens with zero attached hydrogens (tertiary/aromatic N) is 3. The van der Waals surface area contributed by atoms with Crippen LogP contribution < -0.4 is 10.6 Å². The summed E-state index contributed by atoms with van der Waals surface area (Å²) in [4.78, 5) is 33.9. The third-order valence-corrected chi connectivity index (χ3v) is 6.83. The van der Waals surface area contributed by atoms with Crippen LogP contribution in [0.15, 0.2) is 42.6 Å². The average Bonchev–Trinajstić information content (AvgIpc) is 2.85. The van der Waals surface area contributed by atoms with Crippen LogP contribution in [0.25, 0.3) is 4.85 Å². The highest BCUT2D eigenvalue weighted by atomic mass is 19.4. The molecule has 2 fully saturated rings. The Balaban J connectivity index is 1.18. The molecule has 4 rings (SSSR count). The summed E-state index contributed by atoms with van der Waals surface area (Å²) in [5.74, 6) is -0.867. The summed E-state index contributed by atoms with van der Waals surface area (Å²) in [7, 11) is 0. The molecule has 1 aliphatic carbocycles. The maximum absolute atomic E-state index is 12.8. The fraction of sp³-hybridized carbons (Fsp3) is 0.440. The number of rotatable bonds is 6. The lowest BCUT2D eigenvalue weighted by atomic mass is 9.77. The van der Waals surface area contributed by atoms with Crippen molar-refractivity contribution in [2.45, 2.75) is 49.5 Å². The number of benzene rings is 1. The highest BCUT2D eigenvalue weighted by Gasteiger charge is 2.40. The summed E-state index contributed by atoms with van der Waals surface area (Å²) in [5.41, 5.74) is -1.33. The maximum Gasteiger partial charge on any atom is 0.416 e. The van der Waals surface area contributed by atoms with Gasteiger partial charge in [-0.15, -0.1) is 4.98 Å². The molecule has 0 radical (unpaired) electrons. The van der Waals surface area contributed by atoms with Gasteiger partial charge in [-0.2, -0.15) is 13.2 Å². The van der Waals surface area contributed by atoms with Crippen LogP contribution in [0.1, 0.15) is 47.2 Å². The number of nitrogens with one attached hydrogen (secondary N) is 2. The van der Waals surface area contributed by atoms with Crippen LogP contribution in [-0.4, -0.2) is 58.5 Å². The topological polar surface area (TPSA) is 98.9 Å². The molecule has 1 aromatic heterocycles. The minimum absolute atomic E-state index is 0.0749. The van der Waals surface area contributed by atoms with Gasteiger partial charge < -0.3 is 20.6 Å². The van der Waals surface area contributed by atoms with Crippen LogP contribution in [0, 0.1) is 6.57 Å². The van der Waals surface area contributed by atoms with Crippen molar-refractivity contribution >= 4 is 17.6 Å². The normalized spacial score (nSPS) is 22.8. The van der Waals surface area contributed by atoms with Gasteiger partial charge in [-0.05, 0) is 49.9 Å². The first-order chi connectivity index (χ1) is 17.1. The molecule has 0 spiro atoms. The van der Waals surface area contributed by atoms with E-state index in [1.54, 1.807) is 18.3 Å². The van der Waals surface area contributed by atoms with Crippen molar-refractivity contribution in [1.29, 1.82) is 0 Å². The van der Waals surface area contributed by atoms with Crippen molar-refractivity contribution < 1.29 is 27.9 Å². The highest BCUT2D eigenvalue weighted by Crippen LogP contribution is 2.39. The summed E-state index contributed by atoms with van der Waals surface area (Å²) in [5, 5.41) is 16.2. The van der Waals surface area contributed by atoms with Crippen LogP contribution in [0.3, 0.4) is 0 Å². The number of amides is 2. The zero-order chi connectivity index (χ0) is 25.9. The fourth-order valence-electron chi connectivity index (χ4n) is 4.74. The third-order valence-electron chi connectivity index (χ3n) is 6.83. The predicted octanol–water partition coefficient (Wildman–Crippen LogP) is 3.01. The van der Waals surface area contributed by atoms with E-state index in [9.17, 15) is 27.9 Å². The van der Waals surface area contributed by atoms with Gasteiger partial charge in [0.15, 0.2) is 0 Å². The molecule has 2 heterocycles. The predicted molar refractivity (Wildman–Crippen MR) is 124 cm³/mol. The SMILES string of the molecule is [C-]#[N+]c1ccc([C@]2(O)CC[C@H](N3CC(NC(=O)CNC(=O)c4cccc(C(F)(F)F)c4)C3)CC2)cn1. The van der Waals surface area contributed by atoms with Crippen LogP contribution in [0.2, 0.25) is 0 Å². The molecule has 2 aliphatic rings. The molecular formula is C25H26F3N5O3. The number of hydrogen-bond donors (Lipinski definition) is 3. The first kappa shape index (κ1) is 25.6. The van der Waals surface area contributed by atoms with E-state index >= 15 is 0 Å². The van der Waals surface area contributed by atoms with Crippen molar-refractivity contribution in [2.24, 2.45) is 0 Å². The lowest BCUT2D eigenvalue weighted by Gasteiger charge is -2.48. The minimum atomic E-state index is -4.55. The molecule has 2 aromatic rings. The van der Waals surface area contributed by atoms with Crippen LogP contribution in [0.5, 0.6) is 0 Å². The Hall–Kier alpha value is -3.49. The van der Waals surface area contributed by atoms with Crippen molar-refractivity contribution in [3.63, 3.8) is 0 Å². The second kappa shape index (κ2) is 10.2. The van der Waals surface area contributed by atoms with Crippen molar-refractivity contribution in [1.82, 2.24) is 20.5 Å². The molecule has 8 nitrogen and oxygen atoms in total. The lowest BCUT2D eigenvalue weighted by molar-refractivity contribution is -0.137. The van der Waals surface area contributed by atoms with Gasteiger partial charge in [0.2, 0.25) is 5.91 Å². The monoisotopic (exact) mass is 501 g/mol. The quantitative estimate of drug-likeness (QED) is 0.529. The Morgan fingerprint density at radius 3 is 2.53 bits per heavy atom. The van der Waals surface area contributed by atoms with Crippen LogP contribution >= 0.6 is 0 Å². The Morgan fingerprint density at radius 1 is 1.19 bits per heavy atom. The van der Waals surface area contributed by atoms with Crippen molar-refractivity contribution in [3.05, 3.63) is 70.7 Å². The Labute approximate surface area is 206 Å². The van der Waals surface area contributed by atoms with Gasteiger partial charge in [-0.3, -0.25) is 14.5 Å². The fourth-order valence-corrected chi connectivity index (χ4v) is 4.74. The first-order valence-corrected chi connectivity index (χ1v) is 11.6. The van der Waals surface area contributed by atoms with Gasteiger partial charge >= 0.3 is 6.18 Å². The molecule has 1 aliphatic heterocycles. The first-order valence-electron chi connectivity index (χ1n) is 11.6. The molecule has 3 N–H and O–H groups in total. The molecule has 11 heteroatoms. The van der Waals surface area contributed by atoms with E-state index in [0.29, 0.717) is 37.3 Å². The minimum Gasteiger partial charge on any atom is -0.385 e. The molecule has 0 bridgehead atoms. The molecule has 1 saturated heterocycles. The Kier molecular flexibility index (Phi) is 7.28. The average molecular weight is 502 g/mol. The second-order valence-corrected chi connectivity index (χ2v) is 9.26. The van der Waals surface area contributed by atoms with E-state index in [1.807, 2.05) is 0 Å². The van der Waals surface area contributed by atoms with Crippen molar-refractivity contribution in [3.8, 4) is 0 Å². The van der Waals surface area contributed by atoms with E-state index in [-0.39, 0.29) is 24.2 Å². The van der Waals surface area contributed by atoms with Gasteiger partial charge in [0.05, 0.1) is 23.8 Å². The van der Waals surface area contributed by atoms with Gasteiger partial charge in [-0.25, -0.2) is 0 Å². The number of likely N-dealkylation sites (tertiary alicyclic amines) is 1. The maximum atomic E-state index is 12.8. The van der Waals surface area contributed by atoms with E-state index in [2.05, 4.69) is 25.4 Å². The third kappa shape index (κ3) is 5.83. The number of aromatic nitrogens is 1. The van der Waals surface area contributed by atoms with Crippen LogP contribution in [-0.2, 0) is 16.6 Å². The summed E-state index contributed by atoms with van der Waals surface area (Å²) in [6.45, 7) is 7.96. The van der Waals surface area contributed by atoms with E-state index in [0.717, 1.165) is 31.0 Å². The van der Waals surface area contributed by atoms with Gasteiger partial charge in [0, 0.05) is 30.3 Å². The summed E-state index contributed by atoms with van der Waals surface area (Å²) >= 11 is 0. The van der Waals surface area contributed by atoms with Gasteiger partial charge in [-0.1, -0.05) is 18.7 Å². The van der Waals surface area contributed by atoms with Gasteiger partial charge in [0.1, 0.15) is 6.20 Å². The smallest absolute Gasteiger partial charge is 0.385 e. The number of hydrogen-bond acceptors (Lipinski definition) is 5. The molecule has 190 valence electrons. The zero-order valence-corrected chi connectivity index (χ0v) is 19.4. The molecule has 1 saturated carbocycles. The molecule has 2 amide bonds. The lowest BCUT2D eigenvalue weighted by Crippen LogP contribution is -2.63. The number of halogens is 3. The summed E-state index contributed by atoms with van der Waals surface area (Å²) in [6, 6.07) is 7.61. The molecule has 36 heavy (non-hydrogen) atoms. The number of carbonyl (C=O) groups is 2. The number of carbonyl (C=O) groups excluding carboxylic acids is 2. The summed E-state index contributed by atoms with van der Waals surface area (Å²) < 4.78 is 38.5. The zero-order valence-electron chi connectivity index (χ0n) is 19.4. The number of alkyl halides is 3. The van der Waals surface area contributed by atoms with Crippen LogP contribution in [0.4, 0.5) is 19.0 Å². The molecule has 0 atom stereocenters. The molecule has 0 unspecified atom stereocenters. The number of aliphatic hydroxyl groups is 1. The second-order valence-electron chi connectivity index (χ2n) is 9.26. The largest absolute Gasteiger partial charge is 0.416 e. The standard InChI is InChI=1S/C25H26F3N5O3/c1-29-21-6-5-18(12-30-21)24(36)9-7-20(8-10-24)33-14-19(15-33)32-22(34)13-31-23(35)16-3-2-4-17(11-16)25(26,27)28/h2-6,11-12,19-20,36H,7-10,13-15H2,(H,31,35)(H,32,34)/t20-,24-. The Morgan fingerprint density at radius 2 is 1.92 bits per heavy atom. The Bertz CT molecular complexity index is 1150.